The molecule has 0 bridgehead atoms. The van der Waals surface area contributed by atoms with Crippen LogP contribution in [0, 0.1) is 0 Å². The number of aliphatic hydroxyl groups is 5. The van der Waals surface area contributed by atoms with Crippen LogP contribution in [-0.2, 0) is 10.5 Å². The molecule has 0 spiro atoms. The zero-order valence-electron chi connectivity index (χ0n) is 17.2. The number of aliphatic hydroxyl groups excluding tert-OH is 4. The lowest BCUT2D eigenvalue weighted by Gasteiger charge is -2.45. The molecular weight excluding hydrogens is 440 g/mol. The van der Waals surface area contributed by atoms with Crippen molar-refractivity contribution >= 4 is 11.0 Å². The summed E-state index contributed by atoms with van der Waals surface area (Å²) in [6.07, 6.45) is -7.53. The highest BCUT2D eigenvalue weighted by atomic mass is 16.7. The number of methoxy groups -OCH3 is 1. The van der Waals surface area contributed by atoms with Gasteiger partial charge in [-0.3, -0.25) is 0 Å². The SMILES string of the molecule is COc1ccc2c(-c3ccc(O)c(O)c3)c(C3(O)O[C@H](CO)[C@H](O)[C@H](O)[C@H]3O)c(=O)oc2c1. The van der Waals surface area contributed by atoms with Gasteiger partial charge < -0.3 is 49.6 Å². The number of rotatable bonds is 4. The van der Waals surface area contributed by atoms with Crippen molar-refractivity contribution in [2.24, 2.45) is 0 Å². The molecule has 33 heavy (non-hydrogen) atoms. The summed E-state index contributed by atoms with van der Waals surface area (Å²) in [5, 5.41) is 71.8. The minimum Gasteiger partial charge on any atom is -0.504 e. The summed E-state index contributed by atoms with van der Waals surface area (Å²) in [7, 11) is 1.41. The molecule has 1 aromatic heterocycles. The molecule has 1 aliphatic rings. The summed E-state index contributed by atoms with van der Waals surface area (Å²) in [6, 6.07) is 8.03. The van der Waals surface area contributed by atoms with Gasteiger partial charge in [0.25, 0.3) is 0 Å². The van der Waals surface area contributed by atoms with E-state index in [0.29, 0.717) is 5.75 Å². The summed E-state index contributed by atoms with van der Waals surface area (Å²) in [5.41, 5.74) is -1.73. The Bertz CT molecular complexity index is 1250. The van der Waals surface area contributed by atoms with E-state index in [-0.39, 0.29) is 22.1 Å². The standard InChI is InChI=1S/C22H22O11/c1-31-10-3-4-11-14(7-10)32-21(29)17(16(11)9-2-5-12(24)13(25)6-9)22(30)20(28)19(27)18(26)15(8-23)33-22/h2-7,15,18-20,23-28,30H,8H2,1H3/t15-,18+,19+,20-,22?/m1/s1. The van der Waals surface area contributed by atoms with Gasteiger partial charge in [-0.05, 0) is 29.8 Å². The summed E-state index contributed by atoms with van der Waals surface area (Å²) in [5.74, 6) is -3.55. The molecule has 3 aromatic rings. The average molecular weight is 462 g/mol. The number of phenols is 2. The molecule has 5 atom stereocenters. The maximum atomic E-state index is 13.1. The van der Waals surface area contributed by atoms with Crippen LogP contribution < -0.4 is 10.4 Å². The molecule has 0 radical (unpaired) electrons. The Balaban J connectivity index is 2.08. The number of aromatic hydroxyl groups is 2. The third-order valence-corrected chi connectivity index (χ3v) is 5.70. The van der Waals surface area contributed by atoms with Gasteiger partial charge in [-0.2, -0.15) is 0 Å². The van der Waals surface area contributed by atoms with E-state index in [1.165, 1.54) is 31.4 Å². The monoisotopic (exact) mass is 462 g/mol. The second-order valence-corrected chi connectivity index (χ2v) is 7.67. The third kappa shape index (κ3) is 3.60. The molecular formula is C22H22O11. The van der Waals surface area contributed by atoms with Gasteiger partial charge in [-0.15, -0.1) is 0 Å². The number of fused-ring (bicyclic) bond motifs is 1. The van der Waals surface area contributed by atoms with Crippen molar-refractivity contribution in [2.75, 3.05) is 13.7 Å². The maximum absolute atomic E-state index is 13.1. The van der Waals surface area contributed by atoms with Gasteiger partial charge in [-0.25, -0.2) is 4.79 Å². The Morgan fingerprint density at radius 2 is 1.76 bits per heavy atom. The minimum absolute atomic E-state index is 0.0267. The number of benzene rings is 2. The fraction of sp³-hybridized carbons (Fsp3) is 0.318. The number of hydrogen-bond acceptors (Lipinski definition) is 11. The lowest BCUT2D eigenvalue weighted by molar-refractivity contribution is -0.358. The summed E-state index contributed by atoms with van der Waals surface area (Å²) >= 11 is 0. The van der Waals surface area contributed by atoms with E-state index >= 15 is 0 Å². The molecule has 7 N–H and O–H groups in total. The molecule has 1 saturated heterocycles. The van der Waals surface area contributed by atoms with E-state index in [0.717, 1.165) is 12.1 Å². The predicted octanol–water partition coefficient (Wildman–Crippen LogP) is -0.501. The Morgan fingerprint density at radius 1 is 1.03 bits per heavy atom. The van der Waals surface area contributed by atoms with Gasteiger partial charge >= 0.3 is 5.63 Å². The van der Waals surface area contributed by atoms with Crippen LogP contribution in [-0.4, -0.2) is 73.9 Å². The Kier molecular flexibility index (Phi) is 5.78. The van der Waals surface area contributed by atoms with Crippen LogP contribution in [0.15, 0.2) is 45.6 Å². The number of hydrogen-bond donors (Lipinski definition) is 7. The smallest absolute Gasteiger partial charge is 0.345 e. The fourth-order valence-corrected chi connectivity index (χ4v) is 3.97. The molecule has 2 aromatic carbocycles. The van der Waals surface area contributed by atoms with Gasteiger partial charge in [0.05, 0.1) is 13.7 Å². The van der Waals surface area contributed by atoms with Crippen molar-refractivity contribution in [2.45, 2.75) is 30.2 Å². The summed E-state index contributed by atoms with van der Waals surface area (Å²) < 4.78 is 15.8. The van der Waals surface area contributed by atoms with Crippen molar-refractivity contribution in [3.63, 3.8) is 0 Å². The van der Waals surface area contributed by atoms with Crippen LogP contribution in [0.2, 0.25) is 0 Å². The first kappa shape index (κ1) is 23.0. The van der Waals surface area contributed by atoms with E-state index in [1.807, 2.05) is 0 Å². The van der Waals surface area contributed by atoms with Crippen molar-refractivity contribution in [1.29, 1.82) is 0 Å². The van der Waals surface area contributed by atoms with Gasteiger partial charge in [-0.1, -0.05) is 6.07 Å². The van der Waals surface area contributed by atoms with Gasteiger partial charge in [0, 0.05) is 17.0 Å². The first-order chi connectivity index (χ1) is 15.6. The van der Waals surface area contributed by atoms with Gasteiger partial charge in [0.2, 0.25) is 5.79 Å². The molecule has 11 heteroatoms. The average Bonchev–Trinajstić information content (AvgIpc) is 2.80. The topological polar surface area (TPSA) is 190 Å². The van der Waals surface area contributed by atoms with E-state index in [1.54, 1.807) is 0 Å². The molecule has 11 nitrogen and oxygen atoms in total. The Labute approximate surface area is 185 Å². The highest BCUT2D eigenvalue weighted by molar-refractivity contribution is 5.96. The van der Waals surface area contributed by atoms with Crippen molar-refractivity contribution in [1.82, 2.24) is 0 Å². The van der Waals surface area contributed by atoms with Gasteiger partial charge in [0.1, 0.15) is 41.3 Å². The first-order valence-electron chi connectivity index (χ1n) is 9.85. The van der Waals surface area contributed by atoms with Crippen LogP contribution in [0.4, 0.5) is 0 Å². The molecule has 2 heterocycles. The number of phenolic OH excluding ortho intramolecular Hbond substituents is 2. The second-order valence-electron chi connectivity index (χ2n) is 7.67. The Hall–Kier alpha value is -3.19. The van der Waals surface area contributed by atoms with Crippen molar-refractivity contribution < 1.29 is 49.6 Å². The zero-order chi connectivity index (χ0) is 24.1. The molecule has 1 unspecified atom stereocenters. The van der Waals surface area contributed by atoms with Crippen LogP contribution in [0.1, 0.15) is 5.56 Å². The third-order valence-electron chi connectivity index (χ3n) is 5.70. The molecule has 1 aliphatic heterocycles. The molecule has 0 saturated carbocycles. The largest absolute Gasteiger partial charge is 0.504 e. The van der Waals surface area contributed by atoms with E-state index < -0.39 is 59.5 Å². The quantitative estimate of drug-likeness (QED) is 0.195. The zero-order valence-corrected chi connectivity index (χ0v) is 17.2. The lowest BCUT2D eigenvalue weighted by atomic mass is 9.84. The first-order valence-corrected chi connectivity index (χ1v) is 9.85. The summed E-state index contributed by atoms with van der Waals surface area (Å²) in [6.45, 7) is -0.849. The molecule has 176 valence electrons. The predicted molar refractivity (Wildman–Crippen MR) is 112 cm³/mol. The van der Waals surface area contributed by atoms with E-state index in [4.69, 9.17) is 13.9 Å². The summed E-state index contributed by atoms with van der Waals surface area (Å²) in [4.78, 5) is 13.1. The van der Waals surface area contributed by atoms with Crippen molar-refractivity contribution in [3.05, 3.63) is 52.4 Å². The molecule has 1 fully saturated rings. The van der Waals surface area contributed by atoms with Crippen LogP contribution in [0.25, 0.3) is 22.1 Å². The van der Waals surface area contributed by atoms with E-state index in [9.17, 15) is 40.5 Å². The second kappa shape index (κ2) is 8.30. The maximum Gasteiger partial charge on any atom is 0.345 e. The molecule has 0 amide bonds. The van der Waals surface area contributed by atoms with Crippen LogP contribution in [0.5, 0.6) is 17.2 Å². The molecule has 0 aliphatic carbocycles. The minimum atomic E-state index is -2.93. The lowest BCUT2D eigenvalue weighted by Crippen LogP contribution is -2.64. The van der Waals surface area contributed by atoms with Crippen LogP contribution in [0.3, 0.4) is 0 Å². The number of ether oxygens (including phenoxy) is 2. The highest BCUT2D eigenvalue weighted by Gasteiger charge is 2.56. The molecule has 4 rings (SSSR count). The Morgan fingerprint density at radius 3 is 2.39 bits per heavy atom. The van der Waals surface area contributed by atoms with Gasteiger partial charge in [0.15, 0.2) is 11.5 Å². The fourth-order valence-electron chi connectivity index (χ4n) is 3.97. The normalized spacial score (nSPS) is 27.6. The van der Waals surface area contributed by atoms with E-state index in [2.05, 4.69) is 0 Å². The van der Waals surface area contributed by atoms with Crippen LogP contribution >= 0.6 is 0 Å². The highest BCUT2D eigenvalue weighted by Crippen LogP contribution is 2.43. The van der Waals surface area contributed by atoms with Crippen molar-refractivity contribution in [3.8, 4) is 28.4 Å².